The molecule has 1 aromatic heterocycles. The Bertz CT molecular complexity index is 341. The molecule has 3 heterocycles. The van der Waals surface area contributed by atoms with Gasteiger partial charge in [0.25, 0.3) is 0 Å². The third kappa shape index (κ3) is 2.14. The highest BCUT2D eigenvalue weighted by atomic mass is 32.1. The summed E-state index contributed by atoms with van der Waals surface area (Å²) >= 11 is 1.88. The van der Waals surface area contributed by atoms with Gasteiger partial charge in [-0.25, -0.2) is 4.98 Å². The second kappa shape index (κ2) is 4.82. The smallest absolute Gasteiger partial charge is 0.110 e. The number of ether oxygens (including phenoxy) is 1. The monoisotopic (exact) mass is 238 g/mol. The van der Waals surface area contributed by atoms with Crippen LogP contribution in [-0.2, 0) is 4.74 Å². The fourth-order valence-electron chi connectivity index (χ4n) is 2.51. The number of thiazole rings is 1. The summed E-state index contributed by atoms with van der Waals surface area (Å²) in [6, 6.07) is 0.517. The van der Waals surface area contributed by atoms with Crippen molar-refractivity contribution in [2.75, 3.05) is 19.8 Å². The number of nitrogens with one attached hydrogen (secondary N) is 1. The lowest BCUT2D eigenvalue weighted by atomic mass is 10.0. The van der Waals surface area contributed by atoms with Crippen molar-refractivity contribution in [2.45, 2.75) is 37.6 Å². The molecule has 2 fully saturated rings. The average molecular weight is 238 g/mol. The molecule has 4 heteroatoms. The van der Waals surface area contributed by atoms with Crippen LogP contribution in [0.3, 0.4) is 0 Å². The van der Waals surface area contributed by atoms with Gasteiger partial charge in [0.1, 0.15) is 5.01 Å². The van der Waals surface area contributed by atoms with E-state index < -0.39 is 0 Å². The highest BCUT2D eigenvalue weighted by Crippen LogP contribution is 2.33. The highest BCUT2D eigenvalue weighted by molar-refractivity contribution is 7.11. The first-order valence-corrected chi connectivity index (χ1v) is 7.02. The number of hydrogen-bond acceptors (Lipinski definition) is 4. The zero-order valence-corrected chi connectivity index (χ0v) is 10.3. The van der Waals surface area contributed by atoms with Crippen molar-refractivity contribution in [2.24, 2.45) is 0 Å². The van der Waals surface area contributed by atoms with Crippen molar-refractivity contribution in [3.63, 3.8) is 0 Å². The van der Waals surface area contributed by atoms with Gasteiger partial charge in [0.15, 0.2) is 0 Å². The molecule has 88 valence electrons. The quantitative estimate of drug-likeness (QED) is 0.859. The van der Waals surface area contributed by atoms with Gasteiger partial charge >= 0.3 is 0 Å². The van der Waals surface area contributed by atoms with Crippen LogP contribution in [0.4, 0.5) is 0 Å². The van der Waals surface area contributed by atoms with E-state index in [1.165, 1.54) is 35.6 Å². The van der Waals surface area contributed by atoms with Gasteiger partial charge in [0.05, 0.1) is 12.6 Å². The second-order valence-corrected chi connectivity index (χ2v) is 5.76. The van der Waals surface area contributed by atoms with Crippen LogP contribution >= 0.6 is 11.3 Å². The lowest BCUT2D eigenvalue weighted by Gasteiger charge is -2.20. The van der Waals surface area contributed by atoms with Gasteiger partial charge in [0, 0.05) is 23.6 Å². The molecule has 2 saturated heterocycles. The molecule has 3 rings (SSSR count). The molecule has 0 aliphatic carbocycles. The van der Waals surface area contributed by atoms with E-state index in [-0.39, 0.29) is 0 Å². The predicted molar refractivity (Wildman–Crippen MR) is 64.9 cm³/mol. The lowest BCUT2D eigenvalue weighted by molar-refractivity contribution is 0.0813. The number of hydrogen-bond donors (Lipinski definition) is 1. The van der Waals surface area contributed by atoms with Crippen LogP contribution in [-0.4, -0.2) is 24.7 Å². The Morgan fingerprint density at radius 1 is 1.38 bits per heavy atom. The molecule has 3 nitrogen and oxygen atoms in total. The highest BCUT2D eigenvalue weighted by Gasteiger charge is 2.23. The maximum atomic E-state index is 5.53. The molecule has 1 N–H and O–H groups in total. The maximum Gasteiger partial charge on any atom is 0.110 e. The van der Waals surface area contributed by atoms with Gasteiger partial charge in [-0.3, -0.25) is 0 Å². The Morgan fingerprint density at radius 3 is 3.12 bits per heavy atom. The van der Waals surface area contributed by atoms with Crippen LogP contribution in [0.2, 0.25) is 0 Å². The van der Waals surface area contributed by atoms with E-state index in [9.17, 15) is 0 Å². The molecule has 2 aliphatic rings. The van der Waals surface area contributed by atoms with Crippen molar-refractivity contribution in [1.29, 1.82) is 0 Å². The summed E-state index contributed by atoms with van der Waals surface area (Å²) in [5.74, 6) is 0.599. The minimum atomic E-state index is 0.517. The Morgan fingerprint density at radius 2 is 2.38 bits per heavy atom. The van der Waals surface area contributed by atoms with Gasteiger partial charge < -0.3 is 10.1 Å². The molecular formula is C12H18N2OS. The second-order valence-electron chi connectivity index (χ2n) is 4.66. The number of aromatic nitrogens is 1. The van der Waals surface area contributed by atoms with Crippen molar-refractivity contribution in [3.8, 4) is 0 Å². The predicted octanol–water partition coefficient (Wildman–Crippen LogP) is 2.46. The first kappa shape index (κ1) is 10.7. The largest absolute Gasteiger partial charge is 0.381 e. The van der Waals surface area contributed by atoms with Gasteiger partial charge in [0.2, 0.25) is 0 Å². The molecule has 2 atom stereocenters. The molecule has 16 heavy (non-hydrogen) atoms. The Balaban J connectivity index is 1.71. The fraction of sp³-hybridized carbons (Fsp3) is 0.750. The minimum Gasteiger partial charge on any atom is -0.381 e. The van der Waals surface area contributed by atoms with Crippen LogP contribution in [0.25, 0.3) is 0 Å². The molecule has 0 bridgehead atoms. The third-order valence-electron chi connectivity index (χ3n) is 3.46. The Kier molecular flexibility index (Phi) is 3.22. The fourth-order valence-corrected chi connectivity index (χ4v) is 3.66. The molecule has 2 unspecified atom stereocenters. The first-order chi connectivity index (χ1) is 7.93. The van der Waals surface area contributed by atoms with Crippen molar-refractivity contribution >= 4 is 11.3 Å². The summed E-state index contributed by atoms with van der Waals surface area (Å²) in [5, 5.41) is 4.78. The van der Waals surface area contributed by atoms with Crippen molar-refractivity contribution < 1.29 is 4.74 Å². The summed E-state index contributed by atoms with van der Waals surface area (Å²) in [6.45, 7) is 2.97. The summed E-state index contributed by atoms with van der Waals surface area (Å²) in [5.41, 5.74) is 0. The van der Waals surface area contributed by atoms with Crippen LogP contribution in [0.15, 0.2) is 6.20 Å². The minimum absolute atomic E-state index is 0.517. The van der Waals surface area contributed by atoms with Gasteiger partial charge in [-0.15, -0.1) is 11.3 Å². The molecule has 0 radical (unpaired) electrons. The lowest BCUT2D eigenvalue weighted by Crippen LogP contribution is -2.14. The third-order valence-corrected chi connectivity index (χ3v) is 4.74. The van der Waals surface area contributed by atoms with E-state index in [1.807, 2.05) is 11.3 Å². The van der Waals surface area contributed by atoms with Gasteiger partial charge in [-0.05, 0) is 32.2 Å². The summed E-state index contributed by atoms with van der Waals surface area (Å²) < 4.78 is 5.53. The normalized spacial score (nSPS) is 30.8. The van der Waals surface area contributed by atoms with E-state index in [4.69, 9.17) is 4.74 Å². The van der Waals surface area contributed by atoms with Gasteiger partial charge in [-0.2, -0.15) is 0 Å². The summed E-state index contributed by atoms with van der Waals surface area (Å²) in [4.78, 5) is 5.99. The molecule has 0 amide bonds. The Hall–Kier alpha value is -0.450. The zero-order valence-electron chi connectivity index (χ0n) is 9.45. The summed E-state index contributed by atoms with van der Waals surface area (Å²) in [7, 11) is 0. The van der Waals surface area contributed by atoms with Crippen LogP contribution in [0, 0.1) is 0 Å². The van der Waals surface area contributed by atoms with Crippen molar-refractivity contribution in [3.05, 3.63) is 16.1 Å². The van der Waals surface area contributed by atoms with Crippen LogP contribution in [0.1, 0.15) is 47.5 Å². The molecule has 0 spiro atoms. The van der Waals surface area contributed by atoms with E-state index in [1.54, 1.807) is 0 Å². The first-order valence-electron chi connectivity index (χ1n) is 6.20. The maximum absolute atomic E-state index is 5.53. The standard InChI is InChI=1S/C12H18N2OS/c1-4-10(13-5-1)12-14-7-11(16-12)9-3-2-6-15-8-9/h7,9-10,13H,1-6,8H2. The molecule has 0 saturated carbocycles. The molecule has 0 aromatic carbocycles. The molecule has 2 aliphatic heterocycles. The topological polar surface area (TPSA) is 34.2 Å². The molecule has 1 aromatic rings. The van der Waals surface area contributed by atoms with E-state index in [0.29, 0.717) is 12.0 Å². The van der Waals surface area contributed by atoms with E-state index in [0.717, 1.165) is 19.8 Å². The zero-order chi connectivity index (χ0) is 10.8. The number of nitrogens with zero attached hydrogens (tertiary/aromatic N) is 1. The average Bonchev–Trinajstić information content (AvgIpc) is 3.01. The van der Waals surface area contributed by atoms with E-state index in [2.05, 4.69) is 16.5 Å². The SMILES string of the molecule is c1nc(C2CCCN2)sc1C1CCCOC1. The van der Waals surface area contributed by atoms with Crippen LogP contribution in [0.5, 0.6) is 0 Å². The van der Waals surface area contributed by atoms with E-state index >= 15 is 0 Å². The van der Waals surface area contributed by atoms with Crippen molar-refractivity contribution in [1.82, 2.24) is 10.3 Å². The Labute approximate surface area is 100 Å². The molecular weight excluding hydrogens is 220 g/mol. The van der Waals surface area contributed by atoms with Gasteiger partial charge in [-0.1, -0.05) is 0 Å². The van der Waals surface area contributed by atoms with Crippen LogP contribution < -0.4 is 5.32 Å². The number of rotatable bonds is 2. The summed E-state index contributed by atoms with van der Waals surface area (Å²) in [6.07, 6.45) is 7.05.